The zero-order valence-electron chi connectivity index (χ0n) is 3.13. The predicted molar refractivity (Wildman–Crippen MR) is 30.1 cm³/mol. The Labute approximate surface area is 72.5 Å². The van der Waals surface area contributed by atoms with Crippen LogP contribution in [0, 0.1) is 0 Å². The number of rotatable bonds is 0. The Kier molecular flexibility index (Phi) is 537. The summed E-state index contributed by atoms with van der Waals surface area (Å²) in [7, 11) is 0. The van der Waals surface area contributed by atoms with Crippen LogP contribution >= 0.6 is 49.6 Å². The van der Waals surface area contributed by atoms with Crippen LogP contribution < -0.4 is 0 Å². The summed E-state index contributed by atoms with van der Waals surface area (Å²) in [6.45, 7) is 0. The molecule has 0 aromatic heterocycles. The topological polar surface area (TPSA) is 0 Å². The van der Waals surface area contributed by atoms with Crippen molar-refractivity contribution in [3.05, 3.63) is 0 Å². The fourth-order valence-electron chi connectivity index (χ4n) is 0. The first-order chi connectivity index (χ1) is 0. The van der Waals surface area contributed by atoms with Gasteiger partial charge >= 0.3 is 0 Å². The number of halogens is 4. The zero-order valence-corrected chi connectivity index (χ0v) is 6.96. The fourth-order valence-corrected chi connectivity index (χ4v) is 0. The summed E-state index contributed by atoms with van der Waals surface area (Å²) in [5.74, 6) is 0. The van der Waals surface area contributed by atoms with Gasteiger partial charge in [0.15, 0.2) is 0 Å². The molecule has 0 heterocycles. The molecule has 0 saturated carbocycles. The van der Waals surface area contributed by atoms with Gasteiger partial charge in [0.05, 0.1) is 0 Å². The molecule has 0 spiro atoms. The van der Waals surface area contributed by atoms with Crippen molar-refractivity contribution in [1.29, 1.82) is 0 Å². The molecule has 37 valence electrons. The van der Waals surface area contributed by atoms with E-state index in [0.717, 1.165) is 0 Å². The van der Waals surface area contributed by atoms with E-state index in [1.54, 1.807) is 0 Å². The smallest absolute Gasteiger partial charge is 0 e. The summed E-state index contributed by atoms with van der Waals surface area (Å²) >= 11 is 0. The van der Waals surface area contributed by atoms with Crippen LogP contribution in [0.15, 0.2) is 0 Å². The quantitative estimate of drug-likeness (QED) is 0.516. The van der Waals surface area contributed by atoms with Gasteiger partial charge in [-0.3, -0.25) is 0 Å². The van der Waals surface area contributed by atoms with E-state index < -0.39 is 0 Å². The Bertz CT molecular complexity index is 7.51. The van der Waals surface area contributed by atoms with Crippen LogP contribution in [-0.2, 0) is 21.7 Å². The van der Waals surface area contributed by atoms with E-state index in [1.165, 1.54) is 0 Å². The summed E-state index contributed by atoms with van der Waals surface area (Å²) in [5, 5.41) is 0. The molecule has 1 radical (unpaired) electrons. The van der Waals surface area contributed by atoms with Crippen molar-refractivity contribution in [1.82, 2.24) is 0 Å². The van der Waals surface area contributed by atoms with Gasteiger partial charge in [0.25, 0.3) is 0 Å². The SMILES string of the molecule is Cl.Cl.Cl.Cl.[H].[Ti]. The maximum absolute atomic E-state index is 0. The molecular formula is H5Cl4Ti. The summed E-state index contributed by atoms with van der Waals surface area (Å²) in [6, 6.07) is 0. The minimum Gasteiger partial charge on any atom is -0.147 e. The molecule has 0 amide bonds. The van der Waals surface area contributed by atoms with Crippen LogP contribution in [0.3, 0.4) is 0 Å². The van der Waals surface area contributed by atoms with Gasteiger partial charge in [0, 0.05) is 23.1 Å². The van der Waals surface area contributed by atoms with Crippen molar-refractivity contribution in [2.24, 2.45) is 0 Å². The first-order valence-electron chi connectivity index (χ1n) is 0. The molecule has 5 heavy (non-hydrogen) atoms. The maximum Gasteiger partial charge on any atom is 0 e. The van der Waals surface area contributed by atoms with Crippen molar-refractivity contribution >= 4 is 49.6 Å². The molecular weight excluding hydrogens is 190 g/mol. The molecule has 0 nitrogen and oxygen atoms in total. The minimum absolute atomic E-state index is 0. The zero-order chi connectivity index (χ0) is 0. The molecule has 5 heteroatoms. The van der Waals surface area contributed by atoms with Gasteiger partial charge < -0.3 is 0 Å². The van der Waals surface area contributed by atoms with Crippen LogP contribution in [-0.4, -0.2) is 0 Å². The van der Waals surface area contributed by atoms with E-state index in [1.807, 2.05) is 0 Å². The number of hydrogen-bond donors (Lipinski definition) is 0. The predicted octanol–water partition coefficient (Wildman–Crippen LogP) is 1.80. The molecule has 0 fully saturated rings. The molecule has 0 unspecified atom stereocenters. The average molecular weight is 195 g/mol. The van der Waals surface area contributed by atoms with Crippen LogP contribution in [0.5, 0.6) is 0 Å². The molecule has 0 aliphatic rings. The van der Waals surface area contributed by atoms with Crippen LogP contribution in [0.4, 0.5) is 0 Å². The summed E-state index contributed by atoms with van der Waals surface area (Å²) < 4.78 is 0. The average Bonchev–Trinajstić information content (AvgIpc) is 0. The molecule has 0 aromatic rings. The summed E-state index contributed by atoms with van der Waals surface area (Å²) in [6.07, 6.45) is 0. The third-order valence-corrected chi connectivity index (χ3v) is 0. The van der Waals surface area contributed by atoms with E-state index >= 15 is 0 Å². The number of hydrogen-bond acceptors (Lipinski definition) is 0. The standard InChI is InChI=1S/4ClH.Ti.H/h4*1H;;. The minimum atomic E-state index is 0. The largest absolute Gasteiger partial charge is 0.147 e. The Morgan fingerprint density at radius 2 is 0.600 bits per heavy atom. The molecule has 0 aliphatic carbocycles. The van der Waals surface area contributed by atoms with Gasteiger partial charge in [-0.05, 0) is 0 Å². The molecule has 0 aliphatic heterocycles. The molecule has 0 bridgehead atoms. The van der Waals surface area contributed by atoms with E-state index in [0.29, 0.717) is 0 Å². The Balaban J connectivity index is 0. The second kappa shape index (κ2) is 39.7. The molecule has 0 atom stereocenters. The Morgan fingerprint density at radius 1 is 0.600 bits per heavy atom. The van der Waals surface area contributed by atoms with Crippen molar-refractivity contribution in [2.75, 3.05) is 0 Å². The van der Waals surface area contributed by atoms with Crippen molar-refractivity contribution in [2.45, 2.75) is 0 Å². The third kappa shape index (κ3) is 25.1. The van der Waals surface area contributed by atoms with E-state index in [-0.39, 0.29) is 72.8 Å². The molecule has 0 aromatic carbocycles. The fraction of sp³-hybridized carbons (Fsp3) is 0. The Morgan fingerprint density at radius 3 is 0.600 bits per heavy atom. The van der Waals surface area contributed by atoms with E-state index in [2.05, 4.69) is 0 Å². The van der Waals surface area contributed by atoms with Gasteiger partial charge in [-0.2, -0.15) is 0 Å². The van der Waals surface area contributed by atoms with Gasteiger partial charge in [0.2, 0.25) is 0 Å². The van der Waals surface area contributed by atoms with Gasteiger partial charge in [-0.15, -0.1) is 49.6 Å². The van der Waals surface area contributed by atoms with Gasteiger partial charge in [-0.1, -0.05) is 0 Å². The first kappa shape index (κ1) is 67.5. The second-order valence-corrected chi connectivity index (χ2v) is 0. The van der Waals surface area contributed by atoms with Crippen LogP contribution in [0.1, 0.15) is 1.43 Å². The second-order valence-electron chi connectivity index (χ2n) is 0. The maximum atomic E-state index is 0. The summed E-state index contributed by atoms with van der Waals surface area (Å²) in [5.41, 5.74) is 0. The van der Waals surface area contributed by atoms with Crippen LogP contribution in [0.25, 0.3) is 0 Å². The normalized spacial score (nSPS) is 0. The summed E-state index contributed by atoms with van der Waals surface area (Å²) in [4.78, 5) is 0. The Hall–Kier alpha value is 1.87. The monoisotopic (exact) mass is 193 g/mol. The first-order valence-corrected chi connectivity index (χ1v) is 0. The third-order valence-electron chi connectivity index (χ3n) is 0. The van der Waals surface area contributed by atoms with Crippen molar-refractivity contribution < 1.29 is 23.1 Å². The molecule has 0 saturated heterocycles. The van der Waals surface area contributed by atoms with Crippen molar-refractivity contribution in [3.8, 4) is 0 Å². The molecule has 0 rings (SSSR count). The van der Waals surface area contributed by atoms with Gasteiger partial charge in [0.1, 0.15) is 0 Å². The van der Waals surface area contributed by atoms with Crippen molar-refractivity contribution in [3.63, 3.8) is 0 Å². The van der Waals surface area contributed by atoms with E-state index in [4.69, 9.17) is 0 Å². The van der Waals surface area contributed by atoms with E-state index in [9.17, 15) is 0 Å². The molecule has 0 N–H and O–H groups in total. The van der Waals surface area contributed by atoms with Crippen LogP contribution in [0.2, 0.25) is 0 Å². The van der Waals surface area contributed by atoms with Gasteiger partial charge in [-0.25, -0.2) is 0 Å².